The summed E-state index contributed by atoms with van der Waals surface area (Å²) < 4.78 is 19.8. The summed E-state index contributed by atoms with van der Waals surface area (Å²) in [7, 11) is 0. The van der Waals surface area contributed by atoms with Crippen LogP contribution >= 0.6 is 0 Å². The van der Waals surface area contributed by atoms with Gasteiger partial charge in [-0.05, 0) is 62.5 Å². The van der Waals surface area contributed by atoms with E-state index in [0.717, 1.165) is 31.2 Å². The normalized spacial score (nSPS) is 30.5. The highest BCUT2D eigenvalue weighted by atomic mass is 19.1. The van der Waals surface area contributed by atoms with Crippen molar-refractivity contribution in [1.82, 2.24) is 10.6 Å². The van der Waals surface area contributed by atoms with Crippen LogP contribution in [0.4, 0.5) is 9.18 Å². The molecule has 130 valence electrons. The van der Waals surface area contributed by atoms with E-state index in [1.54, 1.807) is 6.07 Å². The lowest BCUT2D eigenvalue weighted by atomic mass is 9.76. The van der Waals surface area contributed by atoms with E-state index in [2.05, 4.69) is 10.6 Å². The number of amides is 2. The second-order valence-corrected chi connectivity index (χ2v) is 7.56. The van der Waals surface area contributed by atoms with Crippen LogP contribution in [0.3, 0.4) is 0 Å². The summed E-state index contributed by atoms with van der Waals surface area (Å²) in [6.45, 7) is 0.580. The van der Waals surface area contributed by atoms with E-state index >= 15 is 0 Å². The van der Waals surface area contributed by atoms with Crippen molar-refractivity contribution in [2.24, 2.45) is 0 Å². The van der Waals surface area contributed by atoms with Gasteiger partial charge in [-0.15, -0.1) is 0 Å². The maximum Gasteiger partial charge on any atom is 0.315 e. The lowest BCUT2D eigenvalue weighted by Gasteiger charge is -2.38. The highest BCUT2D eigenvalue weighted by Gasteiger charge is 2.44. The summed E-state index contributed by atoms with van der Waals surface area (Å²) in [5.74, 6) is 0.0712. The first-order valence-corrected chi connectivity index (χ1v) is 9.10. The first kappa shape index (κ1) is 15.9. The fourth-order valence-corrected chi connectivity index (χ4v) is 4.22. The van der Waals surface area contributed by atoms with Gasteiger partial charge in [-0.3, -0.25) is 0 Å². The molecule has 2 saturated carbocycles. The van der Waals surface area contributed by atoms with Crippen LogP contribution in [0, 0.1) is 5.82 Å². The number of hydrogen-bond acceptors (Lipinski definition) is 2. The molecule has 4 rings (SSSR count). The third kappa shape index (κ3) is 3.14. The van der Waals surface area contributed by atoms with E-state index in [1.807, 2.05) is 12.1 Å². The van der Waals surface area contributed by atoms with Gasteiger partial charge in [0, 0.05) is 12.6 Å². The number of urea groups is 1. The highest BCUT2D eigenvalue weighted by molar-refractivity contribution is 5.74. The number of rotatable bonds is 4. The summed E-state index contributed by atoms with van der Waals surface area (Å²) in [6.07, 6.45) is 7.56. The van der Waals surface area contributed by atoms with Crippen LogP contribution in [-0.4, -0.2) is 30.3 Å². The van der Waals surface area contributed by atoms with Gasteiger partial charge in [0.15, 0.2) is 0 Å². The Kier molecular flexibility index (Phi) is 4.21. The van der Waals surface area contributed by atoms with Gasteiger partial charge < -0.3 is 15.4 Å². The number of carbonyl (C=O) groups is 1. The Balaban J connectivity index is 1.16. The molecule has 2 N–H and O–H groups in total. The molecule has 1 saturated heterocycles. The predicted molar refractivity (Wildman–Crippen MR) is 89.4 cm³/mol. The monoisotopic (exact) mass is 332 g/mol. The average molecular weight is 332 g/mol. The maximum atomic E-state index is 13.7. The molecule has 1 heterocycles. The van der Waals surface area contributed by atoms with Gasteiger partial charge >= 0.3 is 6.03 Å². The van der Waals surface area contributed by atoms with Crippen LogP contribution in [-0.2, 0) is 4.74 Å². The zero-order valence-electron chi connectivity index (χ0n) is 13.9. The molecule has 4 nitrogen and oxygen atoms in total. The maximum absolute atomic E-state index is 13.7. The Morgan fingerprint density at radius 1 is 1.25 bits per heavy atom. The lowest BCUT2D eigenvalue weighted by Crippen LogP contribution is -2.49. The second kappa shape index (κ2) is 6.36. The van der Waals surface area contributed by atoms with Gasteiger partial charge in [0.05, 0.1) is 11.7 Å². The van der Waals surface area contributed by atoms with Crippen LogP contribution in [0.15, 0.2) is 24.3 Å². The minimum absolute atomic E-state index is 0.134. The van der Waals surface area contributed by atoms with E-state index in [9.17, 15) is 9.18 Å². The molecule has 1 aromatic rings. The van der Waals surface area contributed by atoms with E-state index in [1.165, 1.54) is 25.3 Å². The summed E-state index contributed by atoms with van der Waals surface area (Å²) in [5.41, 5.74) is 0.908. The molecule has 0 aromatic heterocycles. The van der Waals surface area contributed by atoms with E-state index in [-0.39, 0.29) is 35.5 Å². The summed E-state index contributed by atoms with van der Waals surface area (Å²) >= 11 is 0. The summed E-state index contributed by atoms with van der Waals surface area (Å²) in [4.78, 5) is 12.0. The average Bonchev–Trinajstić information content (AvgIpc) is 2.94. The van der Waals surface area contributed by atoms with Crippen molar-refractivity contribution < 1.29 is 13.9 Å². The Labute approximate surface area is 142 Å². The van der Waals surface area contributed by atoms with Crippen LogP contribution in [0.2, 0.25) is 0 Å². The van der Waals surface area contributed by atoms with E-state index in [4.69, 9.17) is 4.74 Å². The molecule has 1 spiro atoms. The van der Waals surface area contributed by atoms with Crippen molar-refractivity contribution in [3.8, 4) is 0 Å². The number of ether oxygens (including phenoxy) is 1. The molecular weight excluding hydrogens is 307 g/mol. The molecule has 2 amide bonds. The molecule has 1 aromatic carbocycles. The minimum Gasteiger partial charge on any atom is -0.370 e. The summed E-state index contributed by atoms with van der Waals surface area (Å²) in [6, 6.07) is 6.91. The first-order valence-electron chi connectivity index (χ1n) is 9.10. The van der Waals surface area contributed by atoms with Crippen molar-refractivity contribution in [3.63, 3.8) is 0 Å². The molecule has 2 aliphatic carbocycles. The third-order valence-corrected chi connectivity index (χ3v) is 5.91. The standard InChI is InChI=1S/C19H25FN2O2/c20-17-5-2-1-4-16(17)13-10-14(11-13)22-18(23)21-12-15-6-9-19(24-15)7-3-8-19/h1-2,4-5,13-15H,3,6-12H2,(H2,21,22,23). The number of carbonyl (C=O) groups excluding carboxylic acids is 1. The van der Waals surface area contributed by atoms with Crippen LogP contribution in [0.5, 0.6) is 0 Å². The van der Waals surface area contributed by atoms with Gasteiger partial charge in [0.25, 0.3) is 0 Å². The molecule has 0 radical (unpaired) electrons. The van der Waals surface area contributed by atoms with Crippen molar-refractivity contribution >= 4 is 6.03 Å². The molecule has 3 fully saturated rings. The Morgan fingerprint density at radius 3 is 2.71 bits per heavy atom. The zero-order chi connectivity index (χ0) is 16.6. The van der Waals surface area contributed by atoms with Crippen molar-refractivity contribution in [2.75, 3.05) is 6.54 Å². The molecular formula is C19H25FN2O2. The van der Waals surface area contributed by atoms with Crippen molar-refractivity contribution in [3.05, 3.63) is 35.6 Å². The topological polar surface area (TPSA) is 50.4 Å². The predicted octanol–water partition coefficient (Wildman–Crippen LogP) is 3.47. The van der Waals surface area contributed by atoms with E-state index in [0.29, 0.717) is 6.54 Å². The molecule has 0 bridgehead atoms. The van der Waals surface area contributed by atoms with Gasteiger partial charge in [0.2, 0.25) is 0 Å². The highest BCUT2D eigenvalue weighted by Crippen LogP contribution is 2.45. The number of halogens is 1. The fourth-order valence-electron chi connectivity index (χ4n) is 4.22. The molecule has 1 atom stereocenters. The van der Waals surface area contributed by atoms with Crippen molar-refractivity contribution in [1.29, 1.82) is 0 Å². The van der Waals surface area contributed by atoms with Gasteiger partial charge in [0.1, 0.15) is 5.82 Å². The number of benzene rings is 1. The van der Waals surface area contributed by atoms with Gasteiger partial charge in [-0.1, -0.05) is 18.2 Å². The van der Waals surface area contributed by atoms with Crippen molar-refractivity contribution in [2.45, 2.75) is 68.6 Å². The number of hydrogen-bond donors (Lipinski definition) is 2. The molecule has 1 aliphatic heterocycles. The largest absolute Gasteiger partial charge is 0.370 e. The van der Waals surface area contributed by atoms with Crippen LogP contribution < -0.4 is 10.6 Å². The van der Waals surface area contributed by atoms with Gasteiger partial charge in [-0.2, -0.15) is 0 Å². The molecule has 5 heteroatoms. The smallest absolute Gasteiger partial charge is 0.315 e. The fraction of sp³-hybridized carbons (Fsp3) is 0.632. The van der Waals surface area contributed by atoms with Gasteiger partial charge in [-0.25, -0.2) is 9.18 Å². The lowest BCUT2D eigenvalue weighted by molar-refractivity contribution is -0.0890. The Hall–Kier alpha value is -1.62. The SMILES string of the molecule is O=C(NCC1CCC2(CCC2)O1)NC1CC(c2ccccc2F)C1. The zero-order valence-corrected chi connectivity index (χ0v) is 13.9. The number of nitrogens with one attached hydrogen (secondary N) is 2. The van der Waals surface area contributed by atoms with Crippen LogP contribution in [0.25, 0.3) is 0 Å². The Bertz CT molecular complexity index is 611. The molecule has 1 unspecified atom stereocenters. The summed E-state index contributed by atoms with van der Waals surface area (Å²) in [5, 5.41) is 5.91. The van der Waals surface area contributed by atoms with Crippen LogP contribution in [0.1, 0.15) is 56.4 Å². The molecule has 3 aliphatic rings. The third-order valence-electron chi connectivity index (χ3n) is 5.91. The quantitative estimate of drug-likeness (QED) is 0.887. The van der Waals surface area contributed by atoms with E-state index < -0.39 is 0 Å². The minimum atomic E-state index is -0.145. The molecule has 24 heavy (non-hydrogen) atoms. The second-order valence-electron chi connectivity index (χ2n) is 7.56. The Morgan fingerprint density at radius 2 is 2.04 bits per heavy atom. The first-order chi connectivity index (χ1) is 11.6.